The zero-order valence-electron chi connectivity index (χ0n) is 10.2. The first-order chi connectivity index (χ1) is 8.08. The van der Waals surface area contributed by atoms with Crippen molar-refractivity contribution in [1.82, 2.24) is 4.98 Å². The largest absolute Gasteiger partial charge is 0.397 e. The Labute approximate surface area is 115 Å². The van der Waals surface area contributed by atoms with E-state index < -0.39 is 0 Å². The number of nitrogens with two attached hydrogens (primary N) is 1. The zero-order chi connectivity index (χ0) is 12.5. The third-order valence-electron chi connectivity index (χ3n) is 3.58. The van der Waals surface area contributed by atoms with Crippen LogP contribution < -0.4 is 11.1 Å². The van der Waals surface area contributed by atoms with E-state index in [9.17, 15) is 0 Å². The van der Waals surface area contributed by atoms with Gasteiger partial charge in [-0.3, -0.25) is 0 Å². The zero-order valence-corrected chi connectivity index (χ0v) is 12.6. The Morgan fingerprint density at radius 2 is 2.29 bits per heavy atom. The normalized spacial score (nSPS) is 17.6. The Kier molecular flexibility index (Phi) is 3.88. The van der Waals surface area contributed by atoms with E-state index in [2.05, 4.69) is 32.5 Å². The topological polar surface area (TPSA) is 50.9 Å². The molecular weight excluding hydrogens is 298 g/mol. The molecule has 0 unspecified atom stereocenters. The summed E-state index contributed by atoms with van der Waals surface area (Å²) in [6.45, 7) is 2.98. The van der Waals surface area contributed by atoms with E-state index in [1.807, 2.05) is 18.7 Å². The number of rotatable bonds is 4. The summed E-state index contributed by atoms with van der Waals surface area (Å²) < 4.78 is 1.39. The van der Waals surface area contributed by atoms with Gasteiger partial charge in [-0.15, -0.1) is 0 Å². The fourth-order valence-electron chi connectivity index (χ4n) is 1.98. The molecule has 1 heterocycles. The number of nitrogen functional groups attached to an aromatic ring is 1. The molecular formula is C12H18BrN3S. The van der Waals surface area contributed by atoms with Crippen LogP contribution in [0, 0.1) is 6.92 Å². The number of nitrogens with zero attached hydrogens (tertiary/aromatic N) is 1. The fourth-order valence-corrected chi connectivity index (χ4v) is 3.37. The number of thioether (sulfide) groups is 1. The van der Waals surface area contributed by atoms with Crippen molar-refractivity contribution < 1.29 is 0 Å². The minimum absolute atomic E-state index is 0.413. The highest BCUT2D eigenvalue weighted by molar-refractivity contribution is 9.10. The highest BCUT2D eigenvalue weighted by Crippen LogP contribution is 2.43. The summed E-state index contributed by atoms with van der Waals surface area (Å²) in [5, 5.41) is 3.44. The minimum Gasteiger partial charge on any atom is -0.397 e. The molecule has 0 bridgehead atoms. The van der Waals surface area contributed by atoms with Crippen LogP contribution in [-0.2, 0) is 0 Å². The van der Waals surface area contributed by atoms with Crippen LogP contribution in [0.4, 0.5) is 11.5 Å². The van der Waals surface area contributed by atoms with Crippen LogP contribution in [-0.4, -0.2) is 22.5 Å². The lowest BCUT2D eigenvalue weighted by Gasteiger charge is -2.40. The van der Waals surface area contributed by atoms with Crippen molar-refractivity contribution in [1.29, 1.82) is 0 Å². The molecule has 0 atom stereocenters. The quantitative estimate of drug-likeness (QED) is 0.893. The molecule has 1 aliphatic rings. The van der Waals surface area contributed by atoms with Gasteiger partial charge in [0.1, 0.15) is 5.82 Å². The van der Waals surface area contributed by atoms with Gasteiger partial charge >= 0.3 is 0 Å². The van der Waals surface area contributed by atoms with E-state index >= 15 is 0 Å². The van der Waals surface area contributed by atoms with Crippen molar-refractivity contribution in [2.75, 3.05) is 23.9 Å². The van der Waals surface area contributed by atoms with Gasteiger partial charge in [-0.05, 0) is 47.5 Å². The van der Waals surface area contributed by atoms with Gasteiger partial charge < -0.3 is 11.1 Å². The smallest absolute Gasteiger partial charge is 0.140 e. The second kappa shape index (κ2) is 5.06. The molecule has 1 fully saturated rings. The van der Waals surface area contributed by atoms with Crippen LogP contribution in [0.1, 0.15) is 24.8 Å². The fraction of sp³-hybridized carbons (Fsp3) is 0.583. The van der Waals surface area contributed by atoms with Gasteiger partial charge in [-0.1, -0.05) is 6.42 Å². The van der Waals surface area contributed by atoms with Crippen molar-refractivity contribution in [2.24, 2.45) is 0 Å². The second-order valence-corrected chi connectivity index (χ2v) is 6.66. The lowest BCUT2D eigenvalue weighted by atomic mass is 9.84. The highest BCUT2D eigenvalue weighted by Gasteiger charge is 2.36. The molecule has 0 spiro atoms. The highest BCUT2D eigenvalue weighted by atomic mass is 79.9. The van der Waals surface area contributed by atoms with Gasteiger partial charge in [0.05, 0.1) is 16.4 Å². The first-order valence-electron chi connectivity index (χ1n) is 5.77. The molecule has 0 aliphatic heterocycles. The molecule has 1 aromatic rings. The number of hydrogen-bond donors (Lipinski definition) is 2. The summed E-state index contributed by atoms with van der Waals surface area (Å²) in [5.74, 6) is 0.900. The Balaban J connectivity index is 2.07. The van der Waals surface area contributed by atoms with Crippen LogP contribution >= 0.6 is 27.7 Å². The molecule has 5 heteroatoms. The number of halogens is 1. The molecule has 0 aromatic carbocycles. The maximum atomic E-state index is 5.81. The molecule has 3 nitrogen and oxygen atoms in total. The summed E-state index contributed by atoms with van der Waals surface area (Å²) in [6.07, 6.45) is 7.85. The van der Waals surface area contributed by atoms with Gasteiger partial charge in [0.2, 0.25) is 0 Å². The van der Waals surface area contributed by atoms with Crippen molar-refractivity contribution in [3.8, 4) is 0 Å². The molecule has 3 N–H and O–H groups in total. The molecule has 94 valence electrons. The summed E-state index contributed by atoms with van der Waals surface area (Å²) in [7, 11) is 0. The van der Waals surface area contributed by atoms with Gasteiger partial charge in [0.25, 0.3) is 0 Å². The Morgan fingerprint density at radius 3 is 2.82 bits per heavy atom. The van der Waals surface area contributed by atoms with Crippen molar-refractivity contribution in [2.45, 2.75) is 30.9 Å². The van der Waals surface area contributed by atoms with Gasteiger partial charge in [0, 0.05) is 11.3 Å². The number of pyridine rings is 1. The number of anilines is 2. The van der Waals surface area contributed by atoms with Crippen molar-refractivity contribution >= 4 is 39.2 Å². The number of hydrogen-bond acceptors (Lipinski definition) is 4. The average Bonchev–Trinajstić information content (AvgIpc) is 2.28. The number of nitrogens with one attached hydrogen (secondary N) is 1. The second-order valence-electron chi connectivity index (χ2n) is 4.60. The van der Waals surface area contributed by atoms with Crippen molar-refractivity contribution in [3.05, 3.63) is 16.2 Å². The van der Waals surface area contributed by atoms with E-state index in [4.69, 9.17) is 5.73 Å². The molecule has 1 aromatic heterocycles. The standard InChI is InChI=1S/C12H18BrN3S/c1-8-9(14)6-15-11(10(8)13)16-7-12(17-2)4-3-5-12/h6H,3-5,7,14H2,1-2H3,(H,15,16). The SMILES string of the molecule is CSC1(CNc2ncc(N)c(C)c2Br)CCC1. The third kappa shape index (κ3) is 2.55. The van der Waals surface area contributed by atoms with Crippen LogP contribution in [0.5, 0.6) is 0 Å². The summed E-state index contributed by atoms with van der Waals surface area (Å²) in [4.78, 5) is 4.34. The summed E-state index contributed by atoms with van der Waals surface area (Å²) in [5.41, 5.74) is 7.59. The first kappa shape index (κ1) is 13.0. The molecule has 2 rings (SSSR count). The molecule has 1 aliphatic carbocycles. The van der Waals surface area contributed by atoms with E-state index in [1.165, 1.54) is 19.3 Å². The first-order valence-corrected chi connectivity index (χ1v) is 7.79. The number of aromatic nitrogens is 1. The average molecular weight is 316 g/mol. The van der Waals surface area contributed by atoms with Crippen LogP contribution in [0.3, 0.4) is 0 Å². The van der Waals surface area contributed by atoms with Gasteiger partial charge in [-0.25, -0.2) is 4.98 Å². The van der Waals surface area contributed by atoms with Gasteiger partial charge in [0.15, 0.2) is 0 Å². The monoisotopic (exact) mass is 315 g/mol. The van der Waals surface area contributed by atoms with Crippen LogP contribution in [0.15, 0.2) is 10.7 Å². The Bertz CT molecular complexity index is 413. The molecule has 1 saturated carbocycles. The van der Waals surface area contributed by atoms with E-state index in [0.29, 0.717) is 4.75 Å². The molecule has 0 saturated heterocycles. The molecule has 17 heavy (non-hydrogen) atoms. The van der Waals surface area contributed by atoms with E-state index in [-0.39, 0.29) is 0 Å². The van der Waals surface area contributed by atoms with Gasteiger partial charge in [-0.2, -0.15) is 11.8 Å². The Morgan fingerprint density at radius 1 is 1.59 bits per heavy atom. The van der Waals surface area contributed by atoms with E-state index in [0.717, 1.165) is 28.1 Å². The van der Waals surface area contributed by atoms with Crippen LogP contribution in [0.2, 0.25) is 0 Å². The molecule has 0 amide bonds. The lowest BCUT2D eigenvalue weighted by Crippen LogP contribution is -2.40. The Hall–Kier alpha value is -0.420. The minimum atomic E-state index is 0.413. The predicted octanol–water partition coefficient (Wildman–Crippen LogP) is 3.43. The predicted molar refractivity (Wildman–Crippen MR) is 79.7 cm³/mol. The van der Waals surface area contributed by atoms with E-state index in [1.54, 1.807) is 6.20 Å². The molecule has 0 radical (unpaired) electrons. The van der Waals surface area contributed by atoms with Crippen LogP contribution in [0.25, 0.3) is 0 Å². The maximum absolute atomic E-state index is 5.81. The third-order valence-corrected chi connectivity index (χ3v) is 5.97. The van der Waals surface area contributed by atoms with Crippen molar-refractivity contribution in [3.63, 3.8) is 0 Å². The summed E-state index contributed by atoms with van der Waals surface area (Å²) in [6, 6.07) is 0. The lowest BCUT2D eigenvalue weighted by molar-refractivity contribution is 0.379. The summed E-state index contributed by atoms with van der Waals surface area (Å²) >= 11 is 5.51. The maximum Gasteiger partial charge on any atom is 0.140 e.